The van der Waals surface area contributed by atoms with Gasteiger partial charge in [0.2, 0.25) is 0 Å². The van der Waals surface area contributed by atoms with Crippen LogP contribution in [0, 0.1) is 0 Å². The molecule has 1 fully saturated rings. The summed E-state index contributed by atoms with van der Waals surface area (Å²) in [5, 5.41) is 4.30. The highest BCUT2D eigenvalue weighted by atomic mass is 35.5. The summed E-state index contributed by atoms with van der Waals surface area (Å²) < 4.78 is 5.80. The molecule has 1 atom stereocenters. The number of benzene rings is 2. The molecule has 0 radical (unpaired) electrons. The average Bonchev–Trinajstić information content (AvgIpc) is 3.31. The zero-order valence-corrected chi connectivity index (χ0v) is 12.9. The van der Waals surface area contributed by atoms with E-state index in [9.17, 15) is 0 Å². The number of hydrogen-bond acceptors (Lipinski definition) is 2. The fourth-order valence-corrected chi connectivity index (χ4v) is 2.68. The van der Waals surface area contributed by atoms with E-state index in [-0.39, 0.29) is 6.04 Å². The Kier molecular flexibility index (Phi) is 4.47. The van der Waals surface area contributed by atoms with Crippen molar-refractivity contribution in [2.24, 2.45) is 0 Å². The van der Waals surface area contributed by atoms with Gasteiger partial charge in [-0.25, -0.2) is 0 Å². The van der Waals surface area contributed by atoms with Crippen molar-refractivity contribution in [3.05, 3.63) is 64.7 Å². The minimum atomic E-state index is 0.110. The molecule has 3 heteroatoms. The van der Waals surface area contributed by atoms with E-state index in [2.05, 4.69) is 42.6 Å². The third-order valence-electron chi connectivity index (χ3n) is 3.67. The fourth-order valence-electron chi connectivity index (χ4n) is 2.44. The highest BCUT2D eigenvalue weighted by Crippen LogP contribution is 2.31. The Labute approximate surface area is 131 Å². The van der Waals surface area contributed by atoms with Crippen LogP contribution in [0.15, 0.2) is 48.5 Å². The van der Waals surface area contributed by atoms with Crippen molar-refractivity contribution >= 4 is 11.6 Å². The number of ether oxygens (including phenoxy) is 1. The molecule has 0 aliphatic heterocycles. The summed E-state index contributed by atoms with van der Waals surface area (Å²) in [4.78, 5) is 0. The van der Waals surface area contributed by atoms with Gasteiger partial charge in [0.15, 0.2) is 0 Å². The van der Waals surface area contributed by atoms with Gasteiger partial charge in [0.05, 0.1) is 12.1 Å². The first-order valence-corrected chi connectivity index (χ1v) is 7.90. The second-order valence-corrected chi connectivity index (χ2v) is 5.81. The topological polar surface area (TPSA) is 21.3 Å². The van der Waals surface area contributed by atoms with E-state index in [1.807, 2.05) is 18.2 Å². The third-order valence-corrected chi connectivity index (χ3v) is 4.01. The normalized spacial score (nSPS) is 15.7. The second kappa shape index (κ2) is 6.50. The summed E-state index contributed by atoms with van der Waals surface area (Å²) in [6, 6.07) is 16.4. The van der Waals surface area contributed by atoms with Crippen molar-refractivity contribution in [3.8, 4) is 5.75 Å². The molecule has 0 aromatic heterocycles. The molecule has 0 spiro atoms. The van der Waals surface area contributed by atoms with Crippen LogP contribution in [0.2, 0.25) is 5.02 Å². The molecule has 1 unspecified atom stereocenters. The molecule has 0 heterocycles. The van der Waals surface area contributed by atoms with Crippen LogP contribution < -0.4 is 10.1 Å². The second-order valence-electron chi connectivity index (χ2n) is 5.40. The number of hydrogen-bond donors (Lipinski definition) is 1. The largest absolute Gasteiger partial charge is 0.490 e. The molecular formula is C18H20ClNO. The molecule has 2 aromatic rings. The Morgan fingerprint density at radius 2 is 1.86 bits per heavy atom. The van der Waals surface area contributed by atoms with Crippen LogP contribution in [-0.4, -0.2) is 12.6 Å². The maximum Gasteiger partial charge on any atom is 0.119 e. The Morgan fingerprint density at radius 3 is 2.48 bits per heavy atom. The van der Waals surface area contributed by atoms with Gasteiger partial charge in [0, 0.05) is 5.02 Å². The van der Waals surface area contributed by atoms with Gasteiger partial charge in [-0.05, 0) is 48.7 Å². The maximum absolute atomic E-state index is 6.35. The predicted octanol–water partition coefficient (Wildman–Crippen LogP) is 4.58. The smallest absolute Gasteiger partial charge is 0.119 e. The van der Waals surface area contributed by atoms with Gasteiger partial charge in [0.25, 0.3) is 0 Å². The van der Waals surface area contributed by atoms with Gasteiger partial charge in [-0.3, -0.25) is 0 Å². The molecular weight excluding hydrogens is 282 g/mol. The minimum Gasteiger partial charge on any atom is -0.490 e. The molecule has 0 bridgehead atoms. The van der Waals surface area contributed by atoms with Gasteiger partial charge in [-0.15, -0.1) is 0 Å². The van der Waals surface area contributed by atoms with Gasteiger partial charge in [0.1, 0.15) is 5.75 Å². The van der Waals surface area contributed by atoms with Crippen molar-refractivity contribution in [2.75, 3.05) is 6.54 Å². The zero-order chi connectivity index (χ0) is 14.7. The molecule has 1 N–H and O–H groups in total. The van der Waals surface area contributed by atoms with Crippen molar-refractivity contribution in [3.63, 3.8) is 0 Å². The Morgan fingerprint density at radius 1 is 1.14 bits per heavy atom. The minimum absolute atomic E-state index is 0.110. The van der Waals surface area contributed by atoms with Crippen LogP contribution >= 0.6 is 11.6 Å². The molecule has 2 nitrogen and oxygen atoms in total. The summed E-state index contributed by atoms with van der Waals surface area (Å²) in [5.41, 5.74) is 2.31. The number of nitrogens with one attached hydrogen (secondary N) is 1. The molecule has 3 rings (SSSR count). The van der Waals surface area contributed by atoms with Crippen molar-refractivity contribution in [1.82, 2.24) is 5.32 Å². The van der Waals surface area contributed by atoms with Gasteiger partial charge in [-0.1, -0.05) is 48.9 Å². The highest BCUT2D eigenvalue weighted by Gasteiger charge is 2.23. The Bertz CT molecular complexity index is 592. The molecule has 0 amide bonds. The lowest BCUT2D eigenvalue weighted by atomic mass is 9.98. The van der Waals surface area contributed by atoms with Gasteiger partial charge < -0.3 is 10.1 Å². The molecule has 1 aliphatic rings. The van der Waals surface area contributed by atoms with Crippen molar-refractivity contribution in [2.45, 2.75) is 31.9 Å². The summed E-state index contributed by atoms with van der Waals surface area (Å²) in [7, 11) is 0. The first kappa shape index (κ1) is 14.4. The average molecular weight is 302 g/mol. The number of halogens is 1. The summed E-state index contributed by atoms with van der Waals surface area (Å²) in [5.74, 6) is 0.954. The monoisotopic (exact) mass is 301 g/mol. The first-order chi connectivity index (χ1) is 10.3. The molecule has 0 saturated heterocycles. The van der Waals surface area contributed by atoms with Gasteiger partial charge >= 0.3 is 0 Å². The SMILES string of the molecule is CCNC(c1ccc(OC2CC2)cc1)c1ccccc1Cl. The zero-order valence-electron chi connectivity index (χ0n) is 12.2. The van der Waals surface area contributed by atoms with Gasteiger partial charge in [-0.2, -0.15) is 0 Å². The van der Waals surface area contributed by atoms with E-state index in [1.54, 1.807) is 0 Å². The lowest BCUT2D eigenvalue weighted by Crippen LogP contribution is -2.22. The van der Waals surface area contributed by atoms with E-state index in [0.717, 1.165) is 22.9 Å². The molecule has 2 aromatic carbocycles. The number of rotatable bonds is 6. The maximum atomic E-state index is 6.35. The summed E-state index contributed by atoms with van der Waals surface area (Å²) >= 11 is 6.35. The lowest BCUT2D eigenvalue weighted by Gasteiger charge is -2.20. The lowest BCUT2D eigenvalue weighted by molar-refractivity contribution is 0.303. The van der Waals surface area contributed by atoms with E-state index in [4.69, 9.17) is 16.3 Å². The molecule has 110 valence electrons. The van der Waals surface area contributed by atoms with Crippen LogP contribution in [0.3, 0.4) is 0 Å². The van der Waals surface area contributed by atoms with Crippen molar-refractivity contribution < 1.29 is 4.74 Å². The van der Waals surface area contributed by atoms with Crippen LogP contribution in [0.1, 0.15) is 36.9 Å². The first-order valence-electron chi connectivity index (χ1n) is 7.52. The highest BCUT2D eigenvalue weighted by molar-refractivity contribution is 6.31. The molecule has 1 saturated carbocycles. The van der Waals surface area contributed by atoms with E-state index in [1.165, 1.54) is 18.4 Å². The third kappa shape index (κ3) is 3.58. The Balaban J connectivity index is 1.84. The quantitative estimate of drug-likeness (QED) is 0.843. The summed E-state index contributed by atoms with van der Waals surface area (Å²) in [6.07, 6.45) is 2.80. The molecule has 21 heavy (non-hydrogen) atoms. The van der Waals surface area contributed by atoms with Crippen LogP contribution in [-0.2, 0) is 0 Å². The van der Waals surface area contributed by atoms with E-state index in [0.29, 0.717) is 6.10 Å². The van der Waals surface area contributed by atoms with E-state index < -0.39 is 0 Å². The predicted molar refractivity (Wildman–Crippen MR) is 87.1 cm³/mol. The fraction of sp³-hybridized carbons (Fsp3) is 0.333. The summed E-state index contributed by atoms with van der Waals surface area (Å²) in [6.45, 7) is 2.99. The van der Waals surface area contributed by atoms with E-state index >= 15 is 0 Å². The standard InChI is InChI=1S/C18H20ClNO/c1-2-20-18(16-5-3-4-6-17(16)19)13-7-9-14(10-8-13)21-15-11-12-15/h3-10,15,18,20H,2,11-12H2,1H3. The van der Waals surface area contributed by atoms with Crippen LogP contribution in [0.4, 0.5) is 0 Å². The van der Waals surface area contributed by atoms with Crippen LogP contribution in [0.5, 0.6) is 5.75 Å². The Hall–Kier alpha value is -1.51. The van der Waals surface area contributed by atoms with Crippen LogP contribution in [0.25, 0.3) is 0 Å². The van der Waals surface area contributed by atoms with Crippen molar-refractivity contribution in [1.29, 1.82) is 0 Å². The molecule has 1 aliphatic carbocycles.